The lowest BCUT2D eigenvalue weighted by molar-refractivity contribution is 0.0472. The molecule has 1 amide bonds. The van der Waals surface area contributed by atoms with Crippen LogP contribution in [0.15, 0.2) is 47.8 Å². The molecule has 1 aromatic carbocycles. The lowest BCUT2D eigenvalue weighted by Crippen LogP contribution is -2.28. The Balaban J connectivity index is 1.62. The third kappa shape index (κ3) is 4.41. The summed E-state index contributed by atoms with van der Waals surface area (Å²) in [6.45, 7) is 0.457. The first-order valence-electron chi connectivity index (χ1n) is 8.06. The zero-order chi connectivity index (χ0) is 18.4. The van der Waals surface area contributed by atoms with Crippen LogP contribution < -0.4 is 14.8 Å². The Morgan fingerprint density at radius 1 is 1.38 bits per heavy atom. The van der Waals surface area contributed by atoms with E-state index in [9.17, 15) is 4.79 Å². The summed E-state index contributed by atoms with van der Waals surface area (Å²) in [5, 5.41) is 14.8. The minimum atomic E-state index is -1.09. The van der Waals surface area contributed by atoms with Crippen LogP contribution in [0.4, 0.5) is 4.79 Å². The van der Waals surface area contributed by atoms with E-state index in [4.69, 9.17) is 19.4 Å². The summed E-state index contributed by atoms with van der Waals surface area (Å²) in [7, 11) is 1.57. The summed E-state index contributed by atoms with van der Waals surface area (Å²) in [5.41, 5.74) is 2.50. The molecule has 0 aliphatic carbocycles. The molecule has 26 heavy (non-hydrogen) atoms. The molecule has 0 radical (unpaired) electrons. The maximum absolute atomic E-state index is 10.5. The minimum absolute atomic E-state index is 0.152. The average Bonchev–Trinajstić information content (AvgIpc) is 3.13. The lowest BCUT2D eigenvalue weighted by atomic mass is 10.1. The summed E-state index contributed by atoms with van der Waals surface area (Å²) in [4.78, 5) is 19.9. The van der Waals surface area contributed by atoms with Gasteiger partial charge in [-0.05, 0) is 17.7 Å². The molecule has 3 rings (SSSR count). The molecule has 1 atom stereocenters. The first-order valence-corrected chi connectivity index (χ1v) is 8.06. The number of carboxylic acid groups (broad SMARTS) is 1. The molecule has 0 saturated heterocycles. The number of ether oxygens (including phenoxy) is 2. The van der Waals surface area contributed by atoms with Crippen LogP contribution in [0.1, 0.15) is 6.42 Å². The molecule has 1 aliphatic rings. The number of para-hydroxylation sites is 1. The summed E-state index contributed by atoms with van der Waals surface area (Å²) >= 11 is 0. The fraction of sp³-hybridized carbons (Fsp3) is 0.278. The van der Waals surface area contributed by atoms with Crippen LogP contribution in [0.3, 0.4) is 0 Å². The summed E-state index contributed by atoms with van der Waals surface area (Å²) < 4.78 is 11.1. The molecule has 0 fully saturated rings. The smallest absolute Gasteiger partial charge is 0.404 e. The lowest BCUT2D eigenvalue weighted by Gasteiger charge is -2.14. The van der Waals surface area contributed by atoms with Crippen molar-refractivity contribution < 1.29 is 24.2 Å². The van der Waals surface area contributed by atoms with Crippen LogP contribution in [-0.2, 0) is 4.84 Å². The van der Waals surface area contributed by atoms with Crippen molar-refractivity contribution >= 4 is 11.8 Å². The molecule has 8 nitrogen and oxygen atoms in total. The highest BCUT2D eigenvalue weighted by Gasteiger charge is 2.22. The van der Waals surface area contributed by atoms with Gasteiger partial charge in [0.05, 0.1) is 19.4 Å². The first kappa shape index (κ1) is 17.5. The molecule has 1 aliphatic heterocycles. The number of benzene rings is 1. The number of hydrogen-bond acceptors (Lipinski definition) is 6. The van der Waals surface area contributed by atoms with Crippen molar-refractivity contribution in [2.75, 3.05) is 20.3 Å². The zero-order valence-electron chi connectivity index (χ0n) is 14.2. The molecule has 8 heteroatoms. The van der Waals surface area contributed by atoms with Crippen molar-refractivity contribution in [3.05, 3.63) is 42.6 Å². The van der Waals surface area contributed by atoms with Gasteiger partial charge in [0.2, 0.25) is 5.88 Å². The molecule has 0 saturated carbocycles. The number of amides is 1. The van der Waals surface area contributed by atoms with Crippen molar-refractivity contribution in [3.63, 3.8) is 0 Å². The number of nitrogens with zero attached hydrogens (tertiary/aromatic N) is 2. The second-order valence-corrected chi connectivity index (χ2v) is 5.64. The van der Waals surface area contributed by atoms with Gasteiger partial charge in [-0.3, -0.25) is 0 Å². The van der Waals surface area contributed by atoms with E-state index in [-0.39, 0.29) is 12.6 Å². The molecular formula is C18H19N3O5. The van der Waals surface area contributed by atoms with Gasteiger partial charge >= 0.3 is 6.09 Å². The van der Waals surface area contributed by atoms with Gasteiger partial charge in [-0.25, -0.2) is 9.78 Å². The quantitative estimate of drug-likeness (QED) is 0.789. The van der Waals surface area contributed by atoms with Gasteiger partial charge < -0.3 is 24.7 Å². The Hall–Kier alpha value is -3.29. The molecule has 136 valence electrons. The van der Waals surface area contributed by atoms with Crippen LogP contribution in [-0.4, -0.2) is 48.3 Å². The molecule has 1 aromatic heterocycles. The van der Waals surface area contributed by atoms with Gasteiger partial charge in [-0.15, -0.1) is 0 Å². The van der Waals surface area contributed by atoms with Crippen LogP contribution in [0.25, 0.3) is 11.1 Å². The van der Waals surface area contributed by atoms with Gasteiger partial charge in [-0.1, -0.05) is 23.4 Å². The van der Waals surface area contributed by atoms with Gasteiger partial charge in [0.15, 0.2) is 6.10 Å². The number of nitrogens with one attached hydrogen (secondary N) is 1. The molecule has 2 heterocycles. The van der Waals surface area contributed by atoms with E-state index < -0.39 is 6.09 Å². The third-order valence-electron chi connectivity index (χ3n) is 3.80. The van der Waals surface area contributed by atoms with Crippen LogP contribution >= 0.6 is 0 Å². The SMILES string of the molecule is COc1cc(-c2ccccc2OCC2CC(CNC(=O)O)=NO2)ccn1. The molecule has 2 aromatic rings. The Bertz CT molecular complexity index is 809. The Kier molecular flexibility index (Phi) is 5.52. The van der Waals surface area contributed by atoms with Crippen LogP contribution in [0.5, 0.6) is 11.6 Å². The van der Waals surface area contributed by atoms with Crippen molar-refractivity contribution in [1.29, 1.82) is 0 Å². The zero-order valence-corrected chi connectivity index (χ0v) is 14.2. The second-order valence-electron chi connectivity index (χ2n) is 5.64. The normalized spacial score (nSPS) is 15.7. The highest BCUT2D eigenvalue weighted by atomic mass is 16.7. The van der Waals surface area contributed by atoms with Gasteiger partial charge in [0, 0.05) is 24.2 Å². The maximum Gasteiger partial charge on any atom is 0.404 e. The monoisotopic (exact) mass is 357 g/mol. The molecule has 1 unspecified atom stereocenters. The number of rotatable bonds is 7. The summed E-state index contributed by atoms with van der Waals surface area (Å²) in [6, 6.07) is 11.4. The predicted octanol–water partition coefficient (Wildman–Crippen LogP) is 2.55. The number of aromatic nitrogens is 1. The molecular weight excluding hydrogens is 338 g/mol. The first-order chi connectivity index (χ1) is 12.7. The van der Waals surface area contributed by atoms with E-state index in [1.54, 1.807) is 13.3 Å². The Labute approximate surface area is 150 Å². The number of pyridine rings is 1. The van der Waals surface area contributed by atoms with Gasteiger partial charge in [-0.2, -0.15) is 0 Å². The van der Waals surface area contributed by atoms with Crippen LogP contribution in [0.2, 0.25) is 0 Å². The molecule has 0 spiro atoms. The van der Waals surface area contributed by atoms with E-state index in [1.807, 2.05) is 36.4 Å². The number of carbonyl (C=O) groups is 1. The summed E-state index contributed by atoms with van der Waals surface area (Å²) in [5.74, 6) is 1.24. The van der Waals surface area contributed by atoms with Crippen LogP contribution in [0, 0.1) is 0 Å². The maximum atomic E-state index is 10.5. The third-order valence-corrected chi connectivity index (χ3v) is 3.80. The Morgan fingerprint density at radius 2 is 2.23 bits per heavy atom. The van der Waals surface area contributed by atoms with Crippen molar-refractivity contribution in [2.24, 2.45) is 5.16 Å². The highest BCUT2D eigenvalue weighted by molar-refractivity contribution is 5.89. The summed E-state index contributed by atoms with van der Waals surface area (Å²) in [6.07, 6.45) is 0.862. The Morgan fingerprint density at radius 3 is 3.04 bits per heavy atom. The molecule has 2 N–H and O–H groups in total. The fourth-order valence-corrected chi connectivity index (χ4v) is 2.56. The predicted molar refractivity (Wildman–Crippen MR) is 94.7 cm³/mol. The minimum Gasteiger partial charge on any atom is -0.489 e. The van der Waals surface area contributed by atoms with E-state index in [0.717, 1.165) is 11.1 Å². The largest absolute Gasteiger partial charge is 0.489 e. The number of oxime groups is 1. The number of hydrogen-bond donors (Lipinski definition) is 2. The number of methoxy groups -OCH3 is 1. The average molecular weight is 357 g/mol. The van der Waals surface area contributed by atoms with Crippen molar-refractivity contribution in [2.45, 2.75) is 12.5 Å². The highest BCUT2D eigenvalue weighted by Crippen LogP contribution is 2.31. The van der Waals surface area contributed by atoms with Crippen molar-refractivity contribution in [1.82, 2.24) is 10.3 Å². The standard InChI is InChI=1S/C18H19N3O5/c1-24-17-8-12(6-7-19-17)15-4-2-3-5-16(15)25-11-14-9-13(21-26-14)10-20-18(22)23/h2-8,14,20H,9-11H2,1H3,(H,22,23). The van der Waals surface area contributed by atoms with E-state index in [0.29, 0.717) is 30.4 Å². The van der Waals surface area contributed by atoms with E-state index in [2.05, 4.69) is 15.5 Å². The fourth-order valence-electron chi connectivity index (χ4n) is 2.56. The van der Waals surface area contributed by atoms with E-state index >= 15 is 0 Å². The molecule has 0 bridgehead atoms. The topological polar surface area (TPSA) is 102 Å². The second kappa shape index (κ2) is 8.19. The van der Waals surface area contributed by atoms with Gasteiger partial charge in [0.25, 0.3) is 0 Å². The van der Waals surface area contributed by atoms with Gasteiger partial charge in [0.1, 0.15) is 12.4 Å². The van der Waals surface area contributed by atoms with E-state index in [1.165, 1.54) is 0 Å². The van der Waals surface area contributed by atoms with Crippen molar-refractivity contribution in [3.8, 4) is 22.8 Å².